The van der Waals surface area contributed by atoms with Crippen molar-refractivity contribution >= 4 is 17.4 Å². The number of hydrogen-bond donors (Lipinski definition) is 1. The van der Waals surface area contributed by atoms with Gasteiger partial charge in [-0.15, -0.1) is 0 Å². The van der Waals surface area contributed by atoms with E-state index in [0.717, 1.165) is 17.1 Å². The first-order valence-corrected chi connectivity index (χ1v) is 5.04. The van der Waals surface area contributed by atoms with Crippen LogP contribution in [0.1, 0.15) is 12.0 Å². The van der Waals surface area contributed by atoms with Crippen LogP contribution in [0.2, 0.25) is 0 Å². The Kier molecular flexibility index (Phi) is 3.04. The highest BCUT2D eigenvalue weighted by atomic mass is 19.4. The molecule has 1 aliphatic rings. The van der Waals surface area contributed by atoms with Crippen molar-refractivity contribution in [2.24, 2.45) is 10.8 Å². The zero-order chi connectivity index (χ0) is 13.3. The summed E-state index contributed by atoms with van der Waals surface area (Å²) in [4.78, 5) is 15.1. The molecule has 96 valence electrons. The molecule has 2 rings (SSSR count). The van der Waals surface area contributed by atoms with Gasteiger partial charge in [0.05, 0.1) is 17.7 Å². The van der Waals surface area contributed by atoms with Crippen LogP contribution >= 0.6 is 0 Å². The number of carbonyl (C=O) groups is 1. The first-order chi connectivity index (χ1) is 8.41. The Labute approximate surface area is 100 Å². The highest BCUT2D eigenvalue weighted by Crippen LogP contribution is 2.29. The number of anilines is 1. The highest BCUT2D eigenvalue weighted by Gasteiger charge is 2.32. The van der Waals surface area contributed by atoms with Gasteiger partial charge < -0.3 is 5.73 Å². The van der Waals surface area contributed by atoms with Gasteiger partial charge in [0.25, 0.3) is 5.91 Å². The fraction of sp³-hybridized carbons (Fsp3) is 0.300. The predicted octanol–water partition coefficient (Wildman–Crippen LogP) is 1.15. The first kappa shape index (κ1) is 12.5. The van der Waals surface area contributed by atoms with E-state index in [1.165, 1.54) is 0 Å². The van der Waals surface area contributed by atoms with E-state index in [-0.39, 0.29) is 24.7 Å². The molecule has 8 heteroatoms. The molecular formula is C10H9F3N4O. The molecule has 0 atom stereocenters. The Morgan fingerprint density at radius 3 is 2.56 bits per heavy atom. The number of carbonyl (C=O) groups excluding carboxylic acids is 1. The molecule has 1 aromatic heterocycles. The van der Waals surface area contributed by atoms with Crippen molar-refractivity contribution in [2.45, 2.75) is 12.6 Å². The minimum atomic E-state index is -4.45. The van der Waals surface area contributed by atoms with Crippen LogP contribution in [-0.4, -0.2) is 23.1 Å². The summed E-state index contributed by atoms with van der Waals surface area (Å²) in [6, 6.07) is 1.95. The van der Waals surface area contributed by atoms with E-state index < -0.39 is 11.7 Å². The van der Waals surface area contributed by atoms with Crippen molar-refractivity contribution in [3.05, 3.63) is 23.9 Å². The summed E-state index contributed by atoms with van der Waals surface area (Å²) in [5.74, 6) is -0.306. The van der Waals surface area contributed by atoms with Crippen LogP contribution in [0.3, 0.4) is 0 Å². The third-order valence-electron chi connectivity index (χ3n) is 2.36. The van der Waals surface area contributed by atoms with Gasteiger partial charge in [0.1, 0.15) is 0 Å². The fourth-order valence-electron chi connectivity index (χ4n) is 1.45. The van der Waals surface area contributed by atoms with E-state index in [9.17, 15) is 18.0 Å². The van der Waals surface area contributed by atoms with Gasteiger partial charge in [-0.2, -0.15) is 23.3 Å². The van der Waals surface area contributed by atoms with Gasteiger partial charge >= 0.3 is 6.18 Å². The smallest absolute Gasteiger partial charge is 0.325 e. The first-order valence-electron chi connectivity index (χ1n) is 5.04. The van der Waals surface area contributed by atoms with Crippen LogP contribution in [0.4, 0.5) is 19.0 Å². The number of aromatic nitrogens is 1. The molecule has 1 aliphatic heterocycles. The maximum absolute atomic E-state index is 12.3. The molecule has 1 aromatic rings. The quantitative estimate of drug-likeness (QED) is 0.865. The molecule has 1 amide bonds. The van der Waals surface area contributed by atoms with Crippen molar-refractivity contribution < 1.29 is 18.0 Å². The monoisotopic (exact) mass is 258 g/mol. The van der Waals surface area contributed by atoms with E-state index >= 15 is 0 Å². The van der Waals surface area contributed by atoms with Crippen LogP contribution in [-0.2, 0) is 11.0 Å². The number of nitrogens with zero attached hydrogens (tertiary/aromatic N) is 3. The summed E-state index contributed by atoms with van der Waals surface area (Å²) in [6.07, 6.45) is -3.72. The van der Waals surface area contributed by atoms with E-state index in [1.807, 2.05) is 0 Å². The number of halogens is 3. The molecule has 0 aliphatic carbocycles. The van der Waals surface area contributed by atoms with Gasteiger partial charge in [-0.3, -0.25) is 4.79 Å². The van der Waals surface area contributed by atoms with Crippen molar-refractivity contribution in [1.82, 2.24) is 4.98 Å². The average Bonchev–Trinajstić information content (AvgIpc) is 2.70. The normalized spacial score (nSPS) is 16.1. The Bertz CT molecular complexity index is 495. The average molecular weight is 258 g/mol. The zero-order valence-corrected chi connectivity index (χ0v) is 9.11. The molecule has 0 saturated heterocycles. The number of alkyl halides is 3. The van der Waals surface area contributed by atoms with Gasteiger partial charge in [-0.1, -0.05) is 0 Å². The highest BCUT2D eigenvalue weighted by molar-refractivity contribution is 6.13. The van der Waals surface area contributed by atoms with Crippen molar-refractivity contribution in [1.29, 1.82) is 0 Å². The third-order valence-corrected chi connectivity index (χ3v) is 2.36. The molecule has 0 fully saturated rings. The molecular weight excluding hydrogens is 249 g/mol. The number of hydrogen-bond acceptors (Lipinski definition) is 4. The Morgan fingerprint density at radius 1 is 1.39 bits per heavy atom. The van der Waals surface area contributed by atoms with Crippen molar-refractivity contribution in [3.8, 4) is 0 Å². The second-order valence-corrected chi connectivity index (χ2v) is 3.66. The molecule has 0 radical (unpaired) electrons. The van der Waals surface area contributed by atoms with E-state index in [1.54, 1.807) is 0 Å². The number of hydrazone groups is 1. The van der Waals surface area contributed by atoms with Crippen LogP contribution in [0.15, 0.2) is 23.4 Å². The molecule has 2 N–H and O–H groups in total. The fourth-order valence-corrected chi connectivity index (χ4v) is 1.45. The standard InChI is InChI=1S/C10H9F3N4O/c11-10(12,13)6-1-2-8(15-5-6)17-9(18)3-7(4-14)16-17/h1-2,5H,3-4,14H2. The summed E-state index contributed by atoms with van der Waals surface area (Å²) in [7, 11) is 0. The number of pyridine rings is 1. The van der Waals surface area contributed by atoms with Crippen molar-refractivity contribution in [2.75, 3.05) is 11.6 Å². The minimum absolute atomic E-state index is 0.0523. The third kappa shape index (κ3) is 2.33. The van der Waals surface area contributed by atoms with Gasteiger partial charge in [-0.25, -0.2) is 4.98 Å². The molecule has 0 aromatic carbocycles. The number of amides is 1. The van der Waals surface area contributed by atoms with Crippen molar-refractivity contribution in [3.63, 3.8) is 0 Å². The molecule has 0 unspecified atom stereocenters. The zero-order valence-electron chi connectivity index (χ0n) is 9.11. The lowest BCUT2D eigenvalue weighted by Gasteiger charge is -2.11. The van der Waals surface area contributed by atoms with Gasteiger partial charge in [-0.05, 0) is 12.1 Å². The molecule has 0 spiro atoms. The van der Waals surface area contributed by atoms with Crippen LogP contribution in [0.5, 0.6) is 0 Å². The molecule has 0 saturated carbocycles. The van der Waals surface area contributed by atoms with Crippen LogP contribution < -0.4 is 10.7 Å². The topological polar surface area (TPSA) is 71.6 Å². The molecule has 0 bridgehead atoms. The second kappa shape index (κ2) is 4.37. The largest absolute Gasteiger partial charge is 0.417 e. The summed E-state index contributed by atoms with van der Waals surface area (Å²) >= 11 is 0. The predicted molar refractivity (Wildman–Crippen MR) is 57.8 cm³/mol. The van der Waals surface area contributed by atoms with Gasteiger partial charge in [0.15, 0.2) is 5.82 Å². The molecule has 18 heavy (non-hydrogen) atoms. The van der Waals surface area contributed by atoms with Gasteiger partial charge in [0, 0.05) is 12.7 Å². The van der Waals surface area contributed by atoms with E-state index in [2.05, 4.69) is 10.1 Å². The number of nitrogens with two attached hydrogens (primary N) is 1. The lowest BCUT2D eigenvalue weighted by molar-refractivity contribution is -0.137. The molecule has 2 heterocycles. The number of rotatable bonds is 2. The minimum Gasteiger partial charge on any atom is -0.325 e. The van der Waals surface area contributed by atoms with Crippen LogP contribution in [0, 0.1) is 0 Å². The van der Waals surface area contributed by atoms with Crippen LogP contribution in [0.25, 0.3) is 0 Å². The summed E-state index contributed by atoms with van der Waals surface area (Å²) in [5.41, 5.74) is 4.94. The summed E-state index contributed by atoms with van der Waals surface area (Å²) in [5, 5.41) is 4.84. The van der Waals surface area contributed by atoms with E-state index in [0.29, 0.717) is 11.9 Å². The summed E-state index contributed by atoms with van der Waals surface area (Å²) < 4.78 is 37.0. The lowest BCUT2D eigenvalue weighted by atomic mass is 10.2. The Hall–Kier alpha value is -1.96. The maximum atomic E-state index is 12.3. The summed E-state index contributed by atoms with van der Waals surface area (Å²) in [6.45, 7) is 0.128. The lowest BCUT2D eigenvalue weighted by Crippen LogP contribution is -2.21. The SMILES string of the molecule is NCC1=NN(c2ccc(C(F)(F)F)cn2)C(=O)C1. The second-order valence-electron chi connectivity index (χ2n) is 3.66. The van der Waals surface area contributed by atoms with Gasteiger partial charge in [0.2, 0.25) is 0 Å². The Balaban J connectivity index is 2.25. The molecule has 5 nitrogen and oxygen atoms in total. The van der Waals surface area contributed by atoms with E-state index in [4.69, 9.17) is 5.73 Å². The maximum Gasteiger partial charge on any atom is 0.417 e. The Morgan fingerprint density at radius 2 is 2.11 bits per heavy atom.